The van der Waals surface area contributed by atoms with Crippen molar-refractivity contribution < 1.29 is 13.9 Å². The van der Waals surface area contributed by atoms with Crippen LogP contribution < -0.4 is 0 Å². The third kappa shape index (κ3) is 1.99. The number of hydrogen-bond acceptors (Lipinski definition) is 3. The Labute approximate surface area is 63.5 Å². The van der Waals surface area contributed by atoms with Crippen LogP contribution in [0, 0.1) is 5.92 Å². The molecule has 0 aromatic rings. The zero-order chi connectivity index (χ0) is 7.56. The van der Waals surface area contributed by atoms with E-state index in [9.17, 15) is 9.59 Å². The van der Waals surface area contributed by atoms with Gasteiger partial charge in [-0.1, -0.05) is 0 Å². The Morgan fingerprint density at radius 3 is 2.50 bits per heavy atom. The van der Waals surface area contributed by atoms with E-state index in [-0.39, 0.29) is 18.1 Å². The van der Waals surface area contributed by atoms with Gasteiger partial charge in [0.2, 0.25) is 0 Å². The fourth-order valence-electron chi connectivity index (χ4n) is 0.719. The second-order valence-corrected chi connectivity index (χ2v) is 2.52. The number of halogens is 1. The van der Waals surface area contributed by atoms with E-state index in [4.69, 9.17) is 11.9 Å². The van der Waals surface area contributed by atoms with Gasteiger partial charge in [-0.25, -0.2) is 0 Å². The van der Waals surface area contributed by atoms with Crippen molar-refractivity contribution in [2.45, 2.75) is 19.3 Å². The third-order valence-corrected chi connectivity index (χ3v) is 1.61. The van der Waals surface area contributed by atoms with Crippen molar-refractivity contribution in [2.75, 3.05) is 0 Å². The molecule has 0 aromatic carbocycles. The molecule has 1 fully saturated rings. The number of carbonyl (C=O) groups excluding carboxylic acids is 2. The minimum absolute atomic E-state index is 0.0503. The molecule has 0 aliphatic heterocycles. The number of hydrogen-bond donors (Lipinski definition) is 0. The lowest BCUT2D eigenvalue weighted by atomic mass is 10.2. The molecule has 0 aromatic heterocycles. The van der Waals surface area contributed by atoms with Crippen LogP contribution in [0.4, 0.5) is 0 Å². The summed E-state index contributed by atoms with van der Waals surface area (Å²) >= 11 is 4.72. The molecule has 0 spiro atoms. The van der Waals surface area contributed by atoms with Crippen LogP contribution in [0.3, 0.4) is 0 Å². The summed E-state index contributed by atoms with van der Waals surface area (Å²) in [6.45, 7) is 0. The average molecular weight is 163 g/mol. The molecule has 1 rings (SSSR count). The number of Topliss-reactive ketones (excluding diaryl/α,β-unsaturated/α-hetero) is 1. The van der Waals surface area contributed by atoms with Crippen LogP contribution in [0.2, 0.25) is 0 Å². The van der Waals surface area contributed by atoms with Crippen LogP contribution in [0.5, 0.6) is 0 Å². The highest BCUT2D eigenvalue weighted by molar-refractivity contribution is 6.15. The quantitative estimate of drug-likeness (QED) is 0.583. The maximum Gasteiger partial charge on any atom is 0.332 e. The summed E-state index contributed by atoms with van der Waals surface area (Å²) in [6, 6.07) is 0. The van der Waals surface area contributed by atoms with E-state index < -0.39 is 5.97 Å². The highest BCUT2D eigenvalue weighted by Gasteiger charge is 2.30. The zero-order valence-electron chi connectivity index (χ0n) is 5.30. The fourth-order valence-corrected chi connectivity index (χ4v) is 0.774. The molecule has 0 saturated heterocycles. The van der Waals surface area contributed by atoms with Crippen LogP contribution in [-0.2, 0) is 13.9 Å². The van der Waals surface area contributed by atoms with E-state index in [1.54, 1.807) is 0 Å². The molecule has 10 heavy (non-hydrogen) atoms. The Morgan fingerprint density at radius 2 is 2.10 bits per heavy atom. The van der Waals surface area contributed by atoms with E-state index in [1.807, 2.05) is 0 Å². The van der Waals surface area contributed by atoms with Crippen LogP contribution in [-0.4, -0.2) is 11.8 Å². The molecule has 0 heterocycles. The van der Waals surface area contributed by atoms with E-state index in [0.717, 1.165) is 12.8 Å². The van der Waals surface area contributed by atoms with Crippen molar-refractivity contribution in [3.63, 3.8) is 0 Å². The summed E-state index contributed by atoms with van der Waals surface area (Å²) in [6.07, 6.45) is 1.65. The van der Waals surface area contributed by atoms with Crippen molar-refractivity contribution >= 4 is 23.6 Å². The molecule has 1 aliphatic carbocycles. The van der Waals surface area contributed by atoms with Gasteiger partial charge in [0.15, 0.2) is 0 Å². The summed E-state index contributed by atoms with van der Waals surface area (Å²) in [4.78, 5) is 21.2. The highest BCUT2D eigenvalue weighted by Crippen LogP contribution is 2.30. The Balaban J connectivity index is 2.23. The molecule has 0 atom stereocenters. The standard InChI is InChI=1S/C6H7ClO3/c7-10-6(9)3-5(8)4-1-2-4/h4H,1-3H2. The van der Waals surface area contributed by atoms with Crippen molar-refractivity contribution in [1.82, 2.24) is 0 Å². The predicted molar refractivity (Wildman–Crippen MR) is 34.3 cm³/mol. The monoisotopic (exact) mass is 162 g/mol. The molecule has 56 valence electrons. The SMILES string of the molecule is O=C(CC(=O)C1CC1)OCl. The van der Waals surface area contributed by atoms with Gasteiger partial charge in [-0.05, 0) is 12.8 Å². The molecule has 3 nitrogen and oxygen atoms in total. The normalized spacial score (nSPS) is 16.5. The summed E-state index contributed by atoms with van der Waals surface area (Å²) in [5.74, 6) is -0.597. The third-order valence-electron chi connectivity index (χ3n) is 1.44. The lowest BCUT2D eigenvalue weighted by molar-refractivity contribution is -0.137. The second-order valence-electron chi connectivity index (χ2n) is 2.37. The number of ketones is 1. The predicted octanol–water partition coefficient (Wildman–Crippen LogP) is 1.05. The van der Waals surface area contributed by atoms with Crippen molar-refractivity contribution in [1.29, 1.82) is 0 Å². The van der Waals surface area contributed by atoms with Gasteiger partial charge < -0.3 is 4.29 Å². The number of carbonyl (C=O) groups is 2. The van der Waals surface area contributed by atoms with Crippen LogP contribution in [0.15, 0.2) is 0 Å². The molecule has 0 N–H and O–H groups in total. The molecule has 0 amide bonds. The van der Waals surface area contributed by atoms with E-state index in [2.05, 4.69) is 4.29 Å². The smallest absolute Gasteiger partial charge is 0.332 e. The summed E-state index contributed by atoms with van der Waals surface area (Å²) in [7, 11) is 0. The first-order valence-electron chi connectivity index (χ1n) is 3.08. The lowest BCUT2D eigenvalue weighted by Gasteiger charge is -1.92. The Hall–Kier alpha value is -0.570. The molecule has 0 radical (unpaired) electrons. The van der Waals surface area contributed by atoms with Crippen molar-refractivity contribution in [3.05, 3.63) is 0 Å². The molecular formula is C6H7ClO3. The maximum atomic E-state index is 10.8. The molecule has 1 aliphatic rings. The minimum atomic E-state index is -0.654. The second kappa shape index (κ2) is 3.01. The van der Waals surface area contributed by atoms with Crippen molar-refractivity contribution in [2.24, 2.45) is 5.92 Å². The van der Waals surface area contributed by atoms with Crippen molar-refractivity contribution in [3.8, 4) is 0 Å². The van der Waals surface area contributed by atoms with Crippen LogP contribution in [0.25, 0.3) is 0 Å². The van der Waals surface area contributed by atoms with Gasteiger partial charge in [0.25, 0.3) is 0 Å². The van der Waals surface area contributed by atoms with E-state index in [0.29, 0.717) is 0 Å². The summed E-state index contributed by atoms with van der Waals surface area (Å²) in [5.41, 5.74) is 0. The molecule has 1 saturated carbocycles. The Morgan fingerprint density at radius 1 is 1.50 bits per heavy atom. The van der Waals surface area contributed by atoms with Gasteiger partial charge in [-0.3, -0.25) is 9.59 Å². The van der Waals surface area contributed by atoms with Gasteiger partial charge in [0.05, 0.1) is 0 Å². The van der Waals surface area contributed by atoms with Gasteiger partial charge in [0.1, 0.15) is 24.1 Å². The minimum Gasteiger partial charge on any atom is -0.347 e. The molecule has 0 unspecified atom stereocenters. The van der Waals surface area contributed by atoms with Crippen LogP contribution in [0.1, 0.15) is 19.3 Å². The average Bonchev–Trinajstić information content (AvgIpc) is 2.68. The largest absolute Gasteiger partial charge is 0.347 e. The summed E-state index contributed by atoms with van der Waals surface area (Å²) < 4.78 is 3.81. The summed E-state index contributed by atoms with van der Waals surface area (Å²) in [5, 5.41) is 0. The lowest BCUT2D eigenvalue weighted by Crippen LogP contribution is -2.08. The van der Waals surface area contributed by atoms with Gasteiger partial charge in [0, 0.05) is 5.92 Å². The van der Waals surface area contributed by atoms with E-state index in [1.165, 1.54) is 0 Å². The highest BCUT2D eigenvalue weighted by atomic mass is 35.5. The molecule has 4 heteroatoms. The maximum absolute atomic E-state index is 10.8. The zero-order valence-corrected chi connectivity index (χ0v) is 6.06. The Bertz CT molecular complexity index is 162. The van der Waals surface area contributed by atoms with E-state index >= 15 is 0 Å². The van der Waals surface area contributed by atoms with Gasteiger partial charge in [-0.2, -0.15) is 0 Å². The van der Waals surface area contributed by atoms with Gasteiger partial charge >= 0.3 is 5.97 Å². The Kier molecular flexibility index (Phi) is 2.27. The first-order valence-corrected chi connectivity index (χ1v) is 3.39. The van der Waals surface area contributed by atoms with Gasteiger partial charge in [-0.15, -0.1) is 0 Å². The molecular weight excluding hydrogens is 156 g/mol. The molecule has 0 bridgehead atoms. The first-order chi connectivity index (χ1) is 4.74. The fraction of sp³-hybridized carbons (Fsp3) is 0.667. The van der Waals surface area contributed by atoms with Crippen LogP contribution >= 0.6 is 11.9 Å². The number of rotatable bonds is 3. The topological polar surface area (TPSA) is 43.4 Å². The first kappa shape index (κ1) is 7.54.